The number of aryl methyl sites for hydroxylation is 3. The molecule has 0 saturated heterocycles. The van der Waals surface area contributed by atoms with Crippen molar-refractivity contribution in [2.75, 3.05) is 0 Å². The molecule has 0 N–H and O–H groups in total. The Kier molecular flexibility index (Phi) is 5.26. The number of benzene rings is 3. The van der Waals surface area contributed by atoms with Crippen molar-refractivity contribution < 1.29 is 19.0 Å². The van der Waals surface area contributed by atoms with Gasteiger partial charge in [0.2, 0.25) is 0 Å². The zero-order valence-corrected chi connectivity index (χ0v) is 19.0. The third-order valence-corrected chi connectivity index (χ3v) is 5.30. The summed E-state index contributed by atoms with van der Waals surface area (Å²) in [6.07, 6.45) is -0.107. The van der Waals surface area contributed by atoms with E-state index >= 15 is 0 Å². The summed E-state index contributed by atoms with van der Waals surface area (Å²) < 4.78 is 17.5. The van der Waals surface area contributed by atoms with Crippen LogP contribution in [0.15, 0.2) is 48.5 Å². The molecule has 0 aliphatic carbocycles. The summed E-state index contributed by atoms with van der Waals surface area (Å²) >= 11 is 0. The summed E-state index contributed by atoms with van der Waals surface area (Å²) in [5.41, 5.74) is 6.63. The van der Waals surface area contributed by atoms with E-state index in [0.29, 0.717) is 17.9 Å². The Balaban J connectivity index is 1.88. The second kappa shape index (κ2) is 7.77. The molecule has 0 bridgehead atoms. The maximum Gasteiger partial charge on any atom is 0.514 e. The van der Waals surface area contributed by atoms with Crippen LogP contribution in [0.1, 0.15) is 48.6 Å². The lowest BCUT2D eigenvalue weighted by Gasteiger charge is -2.26. The van der Waals surface area contributed by atoms with E-state index in [1.165, 1.54) is 5.56 Å². The van der Waals surface area contributed by atoms with Crippen molar-refractivity contribution in [1.82, 2.24) is 0 Å². The third kappa shape index (κ3) is 4.29. The van der Waals surface area contributed by atoms with Gasteiger partial charge in [0.05, 0.1) is 0 Å². The average molecular weight is 417 g/mol. The molecule has 3 aromatic carbocycles. The predicted molar refractivity (Wildman–Crippen MR) is 122 cm³/mol. The zero-order chi connectivity index (χ0) is 22.3. The fourth-order valence-corrected chi connectivity index (χ4v) is 4.20. The number of carbonyl (C=O) groups is 1. The van der Waals surface area contributed by atoms with E-state index in [4.69, 9.17) is 14.2 Å². The maximum atomic E-state index is 12.7. The van der Waals surface area contributed by atoms with Crippen molar-refractivity contribution in [3.63, 3.8) is 0 Å². The van der Waals surface area contributed by atoms with Gasteiger partial charge in [-0.15, -0.1) is 0 Å². The molecule has 0 radical (unpaired) electrons. The van der Waals surface area contributed by atoms with Crippen LogP contribution in [0.25, 0.3) is 11.1 Å². The van der Waals surface area contributed by atoms with Gasteiger partial charge in [0.1, 0.15) is 22.8 Å². The van der Waals surface area contributed by atoms with Gasteiger partial charge in [0, 0.05) is 17.5 Å². The van der Waals surface area contributed by atoms with Gasteiger partial charge in [-0.05, 0) is 82.0 Å². The molecule has 4 heteroatoms. The fraction of sp³-hybridized carbons (Fsp3) is 0.296. The standard InChI is InChI=1S/C27H28O4/c1-16-13-17(2)24(18(3)14-16)20-11-12-23-21(15-19-9-7-8-10-22(19)29-23)25(20)30-26(28)31-27(4,5)6/h7-14H,15H2,1-6H3. The van der Waals surface area contributed by atoms with Crippen molar-refractivity contribution >= 4 is 6.16 Å². The Bertz CT molecular complexity index is 1150. The van der Waals surface area contributed by atoms with E-state index in [1.807, 2.05) is 57.2 Å². The monoisotopic (exact) mass is 416 g/mol. The second-order valence-corrected chi connectivity index (χ2v) is 9.15. The van der Waals surface area contributed by atoms with E-state index in [0.717, 1.165) is 39.1 Å². The average Bonchev–Trinajstić information content (AvgIpc) is 2.66. The van der Waals surface area contributed by atoms with Gasteiger partial charge in [0.25, 0.3) is 0 Å². The topological polar surface area (TPSA) is 44.8 Å². The van der Waals surface area contributed by atoms with Crippen molar-refractivity contribution in [2.45, 2.75) is 53.6 Å². The van der Waals surface area contributed by atoms with E-state index in [9.17, 15) is 4.79 Å². The highest BCUT2D eigenvalue weighted by molar-refractivity contribution is 5.82. The fourth-order valence-electron chi connectivity index (χ4n) is 4.20. The van der Waals surface area contributed by atoms with Crippen LogP contribution in [0.2, 0.25) is 0 Å². The Morgan fingerprint density at radius 2 is 1.61 bits per heavy atom. The summed E-state index contributed by atoms with van der Waals surface area (Å²) in [7, 11) is 0. The highest BCUT2D eigenvalue weighted by Crippen LogP contribution is 2.46. The van der Waals surface area contributed by atoms with Crippen LogP contribution in [-0.4, -0.2) is 11.8 Å². The van der Waals surface area contributed by atoms with Crippen molar-refractivity contribution in [1.29, 1.82) is 0 Å². The summed E-state index contributed by atoms with van der Waals surface area (Å²) in [4.78, 5) is 12.7. The minimum atomic E-state index is -0.719. The summed E-state index contributed by atoms with van der Waals surface area (Å²) in [5, 5.41) is 0. The van der Waals surface area contributed by atoms with Gasteiger partial charge >= 0.3 is 6.16 Å². The van der Waals surface area contributed by atoms with Gasteiger partial charge in [-0.2, -0.15) is 0 Å². The predicted octanol–water partition coefficient (Wildman–Crippen LogP) is 7.29. The molecule has 0 amide bonds. The molecule has 0 unspecified atom stereocenters. The van der Waals surface area contributed by atoms with Gasteiger partial charge in [-0.3, -0.25) is 0 Å². The molecule has 0 spiro atoms. The summed E-state index contributed by atoms with van der Waals surface area (Å²) in [5.74, 6) is 2.02. The molecular weight excluding hydrogens is 388 g/mol. The number of fused-ring (bicyclic) bond motifs is 2. The highest BCUT2D eigenvalue weighted by Gasteiger charge is 2.28. The van der Waals surface area contributed by atoms with Crippen LogP contribution in [0.4, 0.5) is 4.79 Å². The molecule has 1 heterocycles. The summed E-state index contributed by atoms with van der Waals surface area (Å²) in [6, 6.07) is 16.1. The number of para-hydroxylation sites is 1. The molecule has 1 aliphatic rings. The zero-order valence-electron chi connectivity index (χ0n) is 19.0. The van der Waals surface area contributed by atoms with Crippen LogP contribution >= 0.6 is 0 Å². The number of carbonyl (C=O) groups excluding carboxylic acids is 1. The first-order valence-electron chi connectivity index (χ1n) is 10.5. The largest absolute Gasteiger partial charge is 0.514 e. The van der Waals surface area contributed by atoms with Crippen LogP contribution in [0.5, 0.6) is 17.2 Å². The first kappa shape index (κ1) is 21.0. The van der Waals surface area contributed by atoms with Crippen LogP contribution in [0.3, 0.4) is 0 Å². The van der Waals surface area contributed by atoms with Crippen LogP contribution in [-0.2, 0) is 11.2 Å². The van der Waals surface area contributed by atoms with Gasteiger partial charge in [-0.25, -0.2) is 4.79 Å². The highest BCUT2D eigenvalue weighted by atomic mass is 16.7. The Labute approximate surface area is 183 Å². The quantitative estimate of drug-likeness (QED) is 0.254. The normalized spacial score (nSPS) is 12.5. The molecule has 0 aromatic heterocycles. The molecule has 31 heavy (non-hydrogen) atoms. The first-order chi connectivity index (χ1) is 14.6. The molecule has 0 saturated carbocycles. The minimum absolute atomic E-state index is 0.497. The molecule has 160 valence electrons. The lowest BCUT2D eigenvalue weighted by molar-refractivity contribution is 0.0205. The first-order valence-corrected chi connectivity index (χ1v) is 10.5. The summed E-state index contributed by atoms with van der Waals surface area (Å²) in [6.45, 7) is 11.7. The lowest BCUT2D eigenvalue weighted by atomic mass is 9.89. The second-order valence-electron chi connectivity index (χ2n) is 9.15. The van der Waals surface area contributed by atoms with E-state index in [2.05, 4.69) is 32.9 Å². The molecule has 0 fully saturated rings. The molecular formula is C27H28O4. The molecule has 1 aliphatic heterocycles. The van der Waals surface area contributed by atoms with Gasteiger partial charge in [0.15, 0.2) is 0 Å². The molecule has 4 rings (SSSR count). The minimum Gasteiger partial charge on any atom is -0.457 e. The number of rotatable bonds is 2. The molecule has 0 atom stereocenters. The van der Waals surface area contributed by atoms with E-state index in [1.54, 1.807) is 0 Å². The number of ether oxygens (including phenoxy) is 3. The SMILES string of the molecule is Cc1cc(C)c(-c2ccc3c(c2OC(=O)OC(C)(C)C)Cc2ccccc2O3)c(C)c1. The van der Waals surface area contributed by atoms with Gasteiger partial charge in [-0.1, -0.05) is 35.9 Å². The maximum absolute atomic E-state index is 12.7. The van der Waals surface area contributed by atoms with E-state index in [-0.39, 0.29) is 0 Å². The van der Waals surface area contributed by atoms with Crippen LogP contribution < -0.4 is 9.47 Å². The Morgan fingerprint density at radius 1 is 0.935 bits per heavy atom. The van der Waals surface area contributed by atoms with Gasteiger partial charge < -0.3 is 14.2 Å². The van der Waals surface area contributed by atoms with Crippen molar-refractivity contribution in [2.24, 2.45) is 0 Å². The van der Waals surface area contributed by atoms with Crippen molar-refractivity contribution in [3.05, 3.63) is 76.3 Å². The molecule has 3 aromatic rings. The number of hydrogen-bond acceptors (Lipinski definition) is 4. The Morgan fingerprint density at radius 3 is 2.29 bits per heavy atom. The third-order valence-electron chi connectivity index (χ3n) is 5.30. The smallest absolute Gasteiger partial charge is 0.457 e. The Hall–Kier alpha value is -3.27. The number of hydrogen-bond donors (Lipinski definition) is 0. The van der Waals surface area contributed by atoms with Crippen LogP contribution in [0, 0.1) is 20.8 Å². The van der Waals surface area contributed by atoms with E-state index < -0.39 is 11.8 Å². The van der Waals surface area contributed by atoms with Crippen molar-refractivity contribution in [3.8, 4) is 28.4 Å². The molecule has 4 nitrogen and oxygen atoms in total. The lowest BCUT2D eigenvalue weighted by Crippen LogP contribution is -2.26.